The normalized spacial score (nSPS) is 17.1. The number of ether oxygens (including phenoxy) is 2. The van der Waals surface area contributed by atoms with Crippen LogP contribution in [0.3, 0.4) is 0 Å². The highest BCUT2D eigenvalue weighted by atomic mass is 32.1. The first-order chi connectivity index (χ1) is 19.7. The summed E-state index contributed by atoms with van der Waals surface area (Å²) < 4.78 is 49.5. The molecule has 0 aliphatic carbocycles. The van der Waals surface area contributed by atoms with Gasteiger partial charge in [0.2, 0.25) is 5.91 Å². The summed E-state index contributed by atoms with van der Waals surface area (Å²) in [5, 5.41) is 4.18. The van der Waals surface area contributed by atoms with Crippen LogP contribution >= 0.6 is 12.2 Å². The highest BCUT2D eigenvalue weighted by Gasteiger charge is 2.32. The van der Waals surface area contributed by atoms with Crippen LogP contribution in [-0.2, 0) is 17.4 Å². The number of amides is 1. The van der Waals surface area contributed by atoms with Gasteiger partial charge in [-0.15, -0.1) is 0 Å². The Hall–Kier alpha value is -3.27. The predicted octanol–water partition coefficient (Wildman–Crippen LogP) is 5.80. The first-order valence-electron chi connectivity index (χ1n) is 14.1. The van der Waals surface area contributed by atoms with E-state index >= 15 is 0 Å². The van der Waals surface area contributed by atoms with E-state index in [1.54, 1.807) is 25.2 Å². The number of methoxy groups -OCH3 is 2. The number of rotatable bonds is 8. The van der Waals surface area contributed by atoms with Crippen LogP contribution in [0.15, 0.2) is 48.5 Å². The SMILES string of the molecule is COc1ccc(CCNC(=S)N2CCC(C3CCN(C(=O)/C=C/c4cccc(C(F)(F)F)c4)CC3)CC2)cc1OC. The molecule has 4 rings (SSSR count). The summed E-state index contributed by atoms with van der Waals surface area (Å²) in [7, 11) is 3.26. The number of nitrogens with zero attached hydrogens (tertiary/aromatic N) is 2. The number of alkyl halides is 3. The molecule has 0 radical (unpaired) electrons. The second-order valence-corrected chi connectivity index (χ2v) is 11.0. The van der Waals surface area contributed by atoms with Crippen LogP contribution in [0.2, 0.25) is 0 Å². The summed E-state index contributed by atoms with van der Waals surface area (Å²) in [6.07, 6.45) is 3.31. The van der Waals surface area contributed by atoms with Crippen molar-refractivity contribution in [1.82, 2.24) is 15.1 Å². The monoisotopic (exact) mass is 589 g/mol. The third-order valence-electron chi connectivity index (χ3n) is 8.11. The van der Waals surface area contributed by atoms with Crippen LogP contribution in [0.4, 0.5) is 13.2 Å². The molecule has 6 nitrogen and oxygen atoms in total. The van der Waals surface area contributed by atoms with Crippen molar-refractivity contribution in [2.45, 2.75) is 38.3 Å². The number of piperidine rings is 2. The molecule has 0 unspecified atom stereocenters. The maximum Gasteiger partial charge on any atom is 0.416 e. The second kappa shape index (κ2) is 14.1. The lowest BCUT2D eigenvalue weighted by atomic mass is 9.79. The van der Waals surface area contributed by atoms with Gasteiger partial charge in [0.15, 0.2) is 16.6 Å². The second-order valence-electron chi connectivity index (χ2n) is 10.6. The number of halogens is 3. The van der Waals surface area contributed by atoms with Crippen molar-refractivity contribution in [3.8, 4) is 11.5 Å². The van der Waals surface area contributed by atoms with Gasteiger partial charge in [0.25, 0.3) is 0 Å². The Kier molecular flexibility index (Phi) is 10.5. The molecule has 2 heterocycles. The minimum Gasteiger partial charge on any atom is -0.493 e. The summed E-state index contributed by atoms with van der Waals surface area (Å²) in [5.41, 5.74) is 0.793. The molecular weight excluding hydrogens is 551 g/mol. The molecule has 1 amide bonds. The van der Waals surface area contributed by atoms with E-state index in [4.69, 9.17) is 21.7 Å². The summed E-state index contributed by atoms with van der Waals surface area (Å²) in [6.45, 7) is 3.93. The van der Waals surface area contributed by atoms with Crippen LogP contribution in [0.1, 0.15) is 42.4 Å². The van der Waals surface area contributed by atoms with Gasteiger partial charge in [-0.3, -0.25) is 4.79 Å². The van der Waals surface area contributed by atoms with E-state index in [0.717, 1.165) is 80.3 Å². The molecule has 2 aromatic carbocycles. The van der Waals surface area contributed by atoms with Crippen LogP contribution in [0, 0.1) is 11.8 Å². The molecule has 2 saturated heterocycles. The Morgan fingerprint density at radius 3 is 2.20 bits per heavy atom. The van der Waals surface area contributed by atoms with Gasteiger partial charge in [0, 0.05) is 38.8 Å². The maximum absolute atomic E-state index is 12.9. The zero-order valence-electron chi connectivity index (χ0n) is 23.6. The van der Waals surface area contributed by atoms with E-state index in [1.807, 2.05) is 18.2 Å². The molecule has 0 saturated carbocycles. The lowest BCUT2D eigenvalue weighted by molar-refractivity contribution is -0.137. The van der Waals surface area contributed by atoms with Crippen LogP contribution in [0.25, 0.3) is 6.08 Å². The number of carbonyl (C=O) groups is 1. The minimum absolute atomic E-state index is 0.153. The fourth-order valence-corrected chi connectivity index (χ4v) is 6.00. The Bertz CT molecular complexity index is 1220. The largest absolute Gasteiger partial charge is 0.493 e. The van der Waals surface area contributed by atoms with Gasteiger partial charge in [-0.1, -0.05) is 18.2 Å². The minimum atomic E-state index is -4.40. The van der Waals surface area contributed by atoms with Crippen molar-refractivity contribution in [3.63, 3.8) is 0 Å². The number of thiocarbonyl (C=S) groups is 1. The molecule has 0 spiro atoms. The predicted molar refractivity (Wildman–Crippen MR) is 158 cm³/mol. The molecule has 2 aliphatic heterocycles. The highest BCUT2D eigenvalue weighted by molar-refractivity contribution is 7.80. The number of hydrogen-bond donors (Lipinski definition) is 1. The van der Waals surface area contributed by atoms with E-state index < -0.39 is 11.7 Å². The Labute approximate surface area is 245 Å². The van der Waals surface area contributed by atoms with E-state index in [9.17, 15) is 18.0 Å². The first kappa shape index (κ1) is 30.7. The molecule has 2 aliphatic rings. The molecule has 41 heavy (non-hydrogen) atoms. The summed E-state index contributed by atoms with van der Waals surface area (Å²) in [6, 6.07) is 10.9. The number of likely N-dealkylation sites (tertiary alicyclic amines) is 2. The lowest BCUT2D eigenvalue weighted by Crippen LogP contribution is -2.47. The Balaban J connectivity index is 1.16. The number of nitrogens with one attached hydrogen (secondary N) is 1. The fourth-order valence-electron chi connectivity index (χ4n) is 5.72. The smallest absolute Gasteiger partial charge is 0.416 e. The molecule has 2 fully saturated rings. The van der Waals surface area contributed by atoms with Gasteiger partial charge in [-0.05, 0) is 97.6 Å². The van der Waals surface area contributed by atoms with Crippen LogP contribution in [0.5, 0.6) is 11.5 Å². The van der Waals surface area contributed by atoms with Gasteiger partial charge in [-0.2, -0.15) is 13.2 Å². The molecule has 0 bridgehead atoms. The third-order valence-corrected chi connectivity index (χ3v) is 8.52. The number of benzene rings is 2. The third kappa shape index (κ3) is 8.38. The molecule has 1 N–H and O–H groups in total. The number of hydrogen-bond acceptors (Lipinski definition) is 4. The van der Waals surface area contributed by atoms with Gasteiger partial charge in [0.05, 0.1) is 19.8 Å². The van der Waals surface area contributed by atoms with Gasteiger partial charge < -0.3 is 24.6 Å². The van der Waals surface area contributed by atoms with Crippen molar-refractivity contribution in [1.29, 1.82) is 0 Å². The lowest BCUT2D eigenvalue weighted by Gasteiger charge is -2.40. The Morgan fingerprint density at radius 2 is 1.59 bits per heavy atom. The molecule has 222 valence electrons. The zero-order chi connectivity index (χ0) is 29.4. The molecule has 10 heteroatoms. The van der Waals surface area contributed by atoms with Crippen molar-refractivity contribution in [2.24, 2.45) is 11.8 Å². The van der Waals surface area contributed by atoms with Crippen molar-refractivity contribution >= 4 is 29.3 Å². The zero-order valence-corrected chi connectivity index (χ0v) is 24.4. The maximum atomic E-state index is 12.9. The molecule has 0 aromatic heterocycles. The standard InChI is InChI=1S/C31H38F3N3O3S/c1-39-27-8-6-23(21-28(27)40-2)10-15-35-30(41)37-18-13-25(14-19-37)24-11-16-36(17-12-24)29(38)9-7-22-4-3-5-26(20-22)31(32,33)34/h3-9,20-21,24-25H,10-19H2,1-2H3,(H,35,41)/b9-7+. The molecule has 2 aromatic rings. The molecular formula is C31H38F3N3O3S. The van der Waals surface area contributed by atoms with E-state index in [-0.39, 0.29) is 5.91 Å². The van der Waals surface area contributed by atoms with Crippen molar-refractivity contribution < 1.29 is 27.4 Å². The van der Waals surface area contributed by atoms with Gasteiger partial charge >= 0.3 is 6.18 Å². The summed E-state index contributed by atoms with van der Waals surface area (Å²) in [5.74, 6) is 2.46. The summed E-state index contributed by atoms with van der Waals surface area (Å²) in [4.78, 5) is 16.7. The topological polar surface area (TPSA) is 54.0 Å². The average molecular weight is 590 g/mol. The van der Waals surface area contributed by atoms with E-state index in [2.05, 4.69) is 10.2 Å². The van der Waals surface area contributed by atoms with Crippen LogP contribution in [-0.4, -0.2) is 67.8 Å². The van der Waals surface area contributed by atoms with Gasteiger partial charge in [0.1, 0.15) is 0 Å². The highest BCUT2D eigenvalue weighted by Crippen LogP contribution is 2.33. The van der Waals surface area contributed by atoms with E-state index in [1.165, 1.54) is 18.2 Å². The number of carbonyl (C=O) groups excluding carboxylic acids is 1. The summed E-state index contributed by atoms with van der Waals surface area (Å²) >= 11 is 5.67. The van der Waals surface area contributed by atoms with E-state index in [0.29, 0.717) is 36.2 Å². The van der Waals surface area contributed by atoms with Crippen LogP contribution < -0.4 is 14.8 Å². The average Bonchev–Trinajstić information content (AvgIpc) is 2.99. The van der Waals surface area contributed by atoms with Crippen molar-refractivity contribution in [2.75, 3.05) is 46.9 Å². The van der Waals surface area contributed by atoms with Gasteiger partial charge in [-0.25, -0.2) is 0 Å². The molecule has 0 atom stereocenters. The Morgan fingerprint density at radius 1 is 0.951 bits per heavy atom. The first-order valence-corrected chi connectivity index (χ1v) is 14.5. The fraction of sp³-hybridized carbons (Fsp3) is 0.484. The van der Waals surface area contributed by atoms with Crippen molar-refractivity contribution in [3.05, 3.63) is 65.2 Å². The quantitative estimate of drug-likeness (QED) is 0.310.